The second-order valence-electron chi connectivity index (χ2n) is 7.09. The number of hydrogen-bond acceptors (Lipinski definition) is 2. The van der Waals surface area contributed by atoms with Gasteiger partial charge in [0.15, 0.2) is 0 Å². The summed E-state index contributed by atoms with van der Waals surface area (Å²) in [4.78, 5) is 15.1. The average Bonchev–Trinajstić information content (AvgIpc) is 2.93. The summed E-state index contributed by atoms with van der Waals surface area (Å²) in [7, 11) is 0. The highest BCUT2D eigenvalue weighted by molar-refractivity contribution is 6.30. The Kier molecular flexibility index (Phi) is 8.62. The van der Waals surface area contributed by atoms with Gasteiger partial charge >= 0.3 is 0 Å². The first-order chi connectivity index (χ1) is 12.6. The van der Waals surface area contributed by atoms with Gasteiger partial charge in [0.2, 0.25) is 0 Å². The Balaban J connectivity index is 0.00000261. The molecule has 0 spiro atoms. The molecule has 27 heavy (non-hydrogen) atoms. The van der Waals surface area contributed by atoms with Gasteiger partial charge in [0.25, 0.3) is 5.91 Å². The predicted octanol–water partition coefficient (Wildman–Crippen LogP) is 5.42. The number of halogens is 2. The zero-order valence-corrected chi connectivity index (χ0v) is 17.4. The Morgan fingerprint density at radius 3 is 2.19 bits per heavy atom. The van der Waals surface area contributed by atoms with Crippen LogP contribution in [0.15, 0.2) is 48.5 Å². The minimum absolute atomic E-state index is 0. The highest BCUT2D eigenvalue weighted by Gasteiger charge is 2.22. The molecule has 1 aliphatic rings. The van der Waals surface area contributed by atoms with Crippen LogP contribution in [0.4, 0.5) is 0 Å². The van der Waals surface area contributed by atoms with E-state index in [4.69, 9.17) is 11.6 Å². The molecule has 0 bridgehead atoms. The maximum atomic E-state index is 12.5. The van der Waals surface area contributed by atoms with Crippen LogP contribution in [0.25, 0.3) is 0 Å². The van der Waals surface area contributed by atoms with E-state index in [1.807, 2.05) is 0 Å². The van der Waals surface area contributed by atoms with Gasteiger partial charge in [-0.1, -0.05) is 54.3 Å². The number of nitrogens with one attached hydrogen (secondary N) is 1. The van der Waals surface area contributed by atoms with E-state index in [0.29, 0.717) is 17.1 Å². The molecule has 0 aliphatic carbocycles. The van der Waals surface area contributed by atoms with Crippen molar-refractivity contribution in [2.45, 2.75) is 38.6 Å². The summed E-state index contributed by atoms with van der Waals surface area (Å²) >= 11 is 5.92. The zero-order chi connectivity index (χ0) is 18.4. The fraction of sp³-hybridized carbons (Fsp3) is 0.409. The molecule has 1 N–H and O–H groups in total. The van der Waals surface area contributed by atoms with Crippen molar-refractivity contribution in [3.8, 4) is 0 Å². The molecule has 0 radical (unpaired) electrons. The van der Waals surface area contributed by atoms with Crippen molar-refractivity contribution in [3.05, 3.63) is 70.2 Å². The summed E-state index contributed by atoms with van der Waals surface area (Å²) in [5, 5.41) is 3.77. The number of likely N-dealkylation sites (tertiary alicyclic amines) is 1. The zero-order valence-electron chi connectivity index (χ0n) is 15.8. The van der Waals surface area contributed by atoms with Gasteiger partial charge in [0.05, 0.1) is 6.04 Å². The fourth-order valence-electron chi connectivity index (χ4n) is 3.55. The third kappa shape index (κ3) is 6.24. The van der Waals surface area contributed by atoms with E-state index < -0.39 is 0 Å². The van der Waals surface area contributed by atoms with E-state index in [1.165, 1.54) is 36.8 Å². The van der Waals surface area contributed by atoms with Crippen molar-refractivity contribution in [2.24, 2.45) is 0 Å². The van der Waals surface area contributed by atoms with Crippen LogP contribution in [0.5, 0.6) is 0 Å². The summed E-state index contributed by atoms with van der Waals surface area (Å²) in [5.41, 5.74) is 3.18. The van der Waals surface area contributed by atoms with Gasteiger partial charge in [-0.2, -0.15) is 0 Å². The largest absolute Gasteiger partial charge is 0.350 e. The first-order valence-electron chi connectivity index (χ1n) is 9.48. The normalized spacial score (nSPS) is 16.1. The van der Waals surface area contributed by atoms with E-state index in [0.717, 1.165) is 13.1 Å². The minimum atomic E-state index is -0.0476. The Morgan fingerprint density at radius 2 is 1.59 bits per heavy atom. The second-order valence-corrected chi connectivity index (χ2v) is 7.53. The topological polar surface area (TPSA) is 32.3 Å². The lowest BCUT2D eigenvalue weighted by atomic mass is 10.0. The lowest BCUT2D eigenvalue weighted by Crippen LogP contribution is -2.38. The molecule has 0 saturated carbocycles. The Bertz CT molecular complexity index is 708. The van der Waals surface area contributed by atoms with E-state index in [2.05, 4.69) is 41.4 Å². The molecule has 5 heteroatoms. The maximum absolute atomic E-state index is 12.5. The molecule has 2 aromatic rings. The molecule has 2 aromatic carbocycles. The van der Waals surface area contributed by atoms with Crippen molar-refractivity contribution in [2.75, 3.05) is 19.6 Å². The van der Waals surface area contributed by atoms with Crippen LogP contribution in [0.2, 0.25) is 5.02 Å². The third-order valence-corrected chi connectivity index (χ3v) is 5.36. The highest BCUT2D eigenvalue weighted by atomic mass is 35.5. The number of hydrogen-bond donors (Lipinski definition) is 1. The molecular weight excluding hydrogens is 379 g/mol. The molecule has 3 nitrogen and oxygen atoms in total. The summed E-state index contributed by atoms with van der Waals surface area (Å²) in [6.07, 6.45) is 5.06. The molecule has 0 aromatic heterocycles. The van der Waals surface area contributed by atoms with E-state index in [1.54, 1.807) is 24.3 Å². The van der Waals surface area contributed by atoms with Crippen molar-refractivity contribution >= 4 is 29.9 Å². The van der Waals surface area contributed by atoms with Gasteiger partial charge in [-0.25, -0.2) is 0 Å². The smallest absolute Gasteiger partial charge is 0.251 e. The quantitative estimate of drug-likeness (QED) is 0.718. The number of carbonyl (C=O) groups is 1. The molecule has 1 heterocycles. The molecule has 3 rings (SSSR count). The maximum Gasteiger partial charge on any atom is 0.251 e. The molecular formula is C22H28Cl2N2O. The molecule has 1 aliphatic heterocycles. The first-order valence-corrected chi connectivity index (χ1v) is 9.85. The van der Waals surface area contributed by atoms with Gasteiger partial charge < -0.3 is 5.32 Å². The molecule has 1 saturated heterocycles. The predicted molar refractivity (Wildman–Crippen MR) is 115 cm³/mol. The summed E-state index contributed by atoms with van der Waals surface area (Å²) in [6, 6.07) is 16.0. The number of nitrogens with zero attached hydrogens (tertiary/aromatic N) is 1. The van der Waals surface area contributed by atoms with Gasteiger partial charge in [0.1, 0.15) is 0 Å². The van der Waals surface area contributed by atoms with Gasteiger partial charge in [-0.05, 0) is 62.7 Å². The van der Waals surface area contributed by atoms with Crippen molar-refractivity contribution in [1.82, 2.24) is 10.2 Å². The molecule has 1 fully saturated rings. The Labute approximate surface area is 173 Å². The SMILES string of the molecule is Cc1ccc(C(CNC(=O)c2ccc(Cl)cc2)N2CCCCCC2)cc1.Cl. The summed E-state index contributed by atoms with van der Waals surface area (Å²) < 4.78 is 0. The van der Waals surface area contributed by atoms with Crippen LogP contribution in [0.1, 0.15) is 53.2 Å². The minimum Gasteiger partial charge on any atom is -0.350 e. The van der Waals surface area contributed by atoms with Crippen LogP contribution >= 0.6 is 24.0 Å². The number of amides is 1. The van der Waals surface area contributed by atoms with Crippen LogP contribution in [0.3, 0.4) is 0 Å². The third-order valence-electron chi connectivity index (χ3n) is 5.11. The molecule has 1 unspecified atom stereocenters. The number of carbonyl (C=O) groups excluding carboxylic acids is 1. The van der Waals surface area contributed by atoms with E-state index in [-0.39, 0.29) is 24.4 Å². The summed E-state index contributed by atoms with van der Waals surface area (Å²) in [5.74, 6) is -0.0476. The first kappa shape index (κ1) is 21.7. The van der Waals surface area contributed by atoms with Gasteiger partial charge in [-0.3, -0.25) is 9.69 Å². The monoisotopic (exact) mass is 406 g/mol. The second kappa shape index (κ2) is 10.7. The van der Waals surface area contributed by atoms with Crippen LogP contribution < -0.4 is 5.32 Å². The van der Waals surface area contributed by atoms with E-state index in [9.17, 15) is 4.79 Å². The lowest BCUT2D eigenvalue weighted by molar-refractivity contribution is 0.0933. The van der Waals surface area contributed by atoms with Crippen molar-refractivity contribution in [1.29, 1.82) is 0 Å². The number of aryl methyl sites for hydroxylation is 1. The van der Waals surface area contributed by atoms with Crippen LogP contribution in [-0.4, -0.2) is 30.4 Å². The van der Waals surface area contributed by atoms with Gasteiger partial charge in [0, 0.05) is 17.1 Å². The van der Waals surface area contributed by atoms with Crippen LogP contribution in [-0.2, 0) is 0 Å². The Hall–Kier alpha value is -1.55. The number of benzene rings is 2. The fourth-order valence-corrected chi connectivity index (χ4v) is 3.67. The van der Waals surface area contributed by atoms with Crippen molar-refractivity contribution < 1.29 is 4.79 Å². The highest BCUT2D eigenvalue weighted by Crippen LogP contribution is 2.24. The molecule has 146 valence electrons. The van der Waals surface area contributed by atoms with Crippen molar-refractivity contribution in [3.63, 3.8) is 0 Å². The average molecular weight is 407 g/mol. The summed E-state index contributed by atoms with van der Waals surface area (Å²) in [6.45, 7) is 4.91. The lowest BCUT2D eigenvalue weighted by Gasteiger charge is -2.31. The number of rotatable bonds is 5. The molecule has 1 amide bonds. The van der Waals surface area contributed by atoms with Crippen LogP contribution in [0, 0.1) is 6.92 Å². The molecule has 1 atom stereocenters. The van der Waals surface area contributed by atoms with E-state index >= 15 is 0 Å². The van der Waals surface area contributed by atoms with Gasteiger partial charge in [-0.15, -0.1) is 12.4 Å². The standard InChI is InChI=1S/C22H27ClN2O.ClH/c1-17-6-8-18(9-7-17)21(25-14-4-2-3-5-15-25)16-24-22(26)19-10-12-20(23)13-11-19;/h6-13,21H,2-5,14-16H2,1H3,(H,24,26);1H. The Morgan fingerprint density at radius 1 is 1.00 bits per heavy atom.